The quantitative estimate of drug-likeness (QED) is 0.878. The van der Waals surface area contributed by atoms with E-state index in [-0.39, 0.29) is 10.3 Å². The Balaban J connectivity index is 2.29. The number of carbonyl (C=O) groups is 1. The predicted octanol–water partition coefficient (Wildman–Crippen LogP) is 2.74. The van der Waals surface area contributed by atoms with Crippen LogP contribution in [0, 0.1) is 0 Å². The molecule has 0 spiro atoms. The Bertz CT molecular complexity index is 620. The minimum Gasteiger partial charge on any atom is -0.403 e. The van der Waals surface area contributed by atoms with E-state index in [4.69, 9.17) is 11.6 Å². The van der Waals surface area contributed by atoms with Gasteiger partial charge in [-0.15, -0.1) is 13.2 Å². The Labute approximate surface area is 118 Å². The molecule has 2 rings (SSSR count). The zero-order chi connectivity index (χ0) is 14.8. The van der Waals surface area contributed by atoms with Gasteiger partial charge in [-0.3, -0.25) is 10.1 Å². The number of carbonyl (C=O) groups excluding carboxylic acids is 1. The number of ether oxygens (including phenoxy) is 1. The van der Waals surface area contributed by atoms with Crippen molar-refractivity contribution in [3.8, 4) is 5.75 Å². The van der Waals surface area contributed by atoms with Gasteiger partial charge in [0.1, 0.15) is 11.5 Å². The van der Waals surface area contributed by atoms with E-state index in [1.165, 1.54) is 6.33 Å². The Morgan fingerprint density at radius 2 is 2.15 bits per heavy atom. The van der Waals surface area contributed by atoms with Gasteiger partial charge in [0, 0.05) is 11.5 Å². The summed E-state index contributed by atoms with van der Waals surface area (Å²) in [7, 11) is 0. The molecule has 0 aromatic carbocycles. The number of halogens is 4. The molecule has 0 atom stereocenters. The van der Waals surface area contributed by atoms with Crippen LogP contribution in [0.15, 0.2) is 18.5 Å². The van der Waals surface area contributed by atoms with Gasteiger partial charge in [0.05, 0.1) is 0 Å². The molecule has 0 aliphatic heterocycles. The maximum atomic E-state index is 12.2. The summed E-state index contributed by atoms with van der Waals surface area (Å²) in [5.74, 6) is -1.70. The van der Waals surface area contributed by atoms with Gasteiger partial charge in [-0.2, -0.15) is 4.37 Å². The highest BCUT2D eigenvalue weighted by Crippen LogP contribution is 2.27. The van der Waals surface area contributed by atoms with Crippen LogP contribution in [-0.2, 0) is 0 Å². The number of rotatable bonds is 3. The molecule has 0 aliphatic carbocycles. The Morgan fingerprint density at radius 3 is 2.75 bits per heavy atom. The predicted molar refractivity (Wildman–Crippen MR) is 63.8 cm³/mol. The van der Waals surface area contributed by atoms with Gasteiger partial charge in [-0.25, -0.2) is 9.97 Å². The lowest BCUT2D eigenvalue weighted by Gasteiger charge is -2.11. The molecule has 2 aromatic rings. The third kappa shape index (κ3) is 3.78. The first-order valence-electron chi connectivity index (χ1n) is 4.85. The van der Waals surface area contributed by atoms with Crippen molar-refractivity contribution >= 4 is 34.2 Å². The number of amides is 1. The molecule has 6 nitrogen and oxygen atoms in total. The number of alkyl halides is 3. The molecule has 0 radical (unpaired) electrons. The van der Waals surface area contributed by atoms with Crippen LogP contribution in [0.1, 0.15) is 10.5 Å². The normalized spacial score (nSPS) is 11.2. The van der Waals surface area contributed by atoms with Crippen molar-refractivity contribution in [1.82, 2.24) is 14.3 Å². The van der Waals surface area contributed by atoms with E-state index < -0.39 is 23.7 Å². The van der Waals surface area contributed by atoms with Gasteiger partial charge in [-0.1, -0.05) is 11.6 Å². The van der Waals surface area contributed by atoms with Crippen LogP contribution < -0.4 is 10.1 Å². The smallest absolute Gasteiger partial charge is 0.403 e. The van der Waals surface area contributed by atoms with Crippen LogP contribution >= 0.6 is 23.1 Å². The lowest BCUT2D eigenvalue weighted by molar-refractivity contribution is -0.274. The van der Waals surface area contributed by atoms with Crippen LogP contribution in [0.5, 0.6) is 5.75 Å². The number of anilines is 1. The number of nitrogens with one attached hydrogen (secondary N) is 1. The van der Waals surface area contributed by atoms with E-state index >= 15 is 0 Å². The van der Waals surface area contributed by atoms with Crippen molar-refractivity contribution in [2.24, 2.45) is 0 Å². The number of hydrogen-bond acceptors (Lipinski definition) is 6. The van der Waals surface area contributed by atoms with E-state index in [0.717, 1.165) is 23.7 Å². The van der Waals surface area contributed by atoms with E-state index in [1.54, 1.807) is 0 Å². The summed E-state index contributed by atoms with van der Waals surface area (Å²) in [5, 5.41) is 2.18. The monoisotopic (exact) mass is 324 g/mol. The van der Waals surface area contributed by atoms with Crippen LogP contribution in [0.4, 0.5) is 18.3 Å². The second kappa shape index (κ2) is 5.59. The third-order valence-corrected chi connectivity index (χ3v) is 2.64. The lowest BCUT2D eigenvalue weighted by atomic mass is 10.3. The van der Waals surface area contributed by atoms with E-state index in [9.17, 15) is 18.0 Å². The van der Waals surface area contributed by atoms with Crippen molar-refractivity contribution in [3.63, 3.8) is 0 Å². The Kier molecular flexibility index (Phi) is 4.04. The molecular weight excluding hydrogens is 321 g/mol. The minimum atomic E-state index is -4.95. The molecule has 1 amide bonds. The van der Waals surface area contributed by atoms with Crippen LogP contribution in [0.25, 0.3) is 0 Å². The molecule has 0 fully saturated rings. The van der Waals surface area contributed by atoms with Crippen molar-refractivity contribution in [3.05, 3.63) is 29.3 Å². The largest absolute Gasteiger partial charge is 0.573 e. The molecule has 106 valence electrons. The minimum absolute atomic E-state index is 0.106. The topological polar surface area (TPSA) is 77.0 Å². The van der Waals surface area contributed by atoms with E-state index in [2.05, 4.69) is 24.4 Å². The molecular formula is C9H4ClF3N4O2S. The Morgan fingerprint density at radius 1 is 1.40 bits per heavy atom. The van der Waals surface area contributed by atoms with Crippen LogP contribution in [-0.4, -0.2) is 26.6 Å². The molecule has 0 saturated carbocycles. The summed E-state index contributed by atoms with van der Waals surface area (Å²) in [4.78, 5) is 19.0. The van der Waals surface area contributed by atoms with Crippen LogP contribution in [0.2, 0.25) is 5.15 Å². The maximum absolute atomic E-state index is 12.2. The van der Waals surface area contributed by atoms with Gasteiger partial charge < -0.3 is 4.74 Å². The first-order chi connectivity index (χ1) is 9.35. The molecule has 2 aromatic heterocycles. The second-order valence-corrected chi connectivity index (χ2v) is 4.40. The zero-order valence-corrected chi connectivity index (χ0v) is 10.9. The van der Waals surface area contributed by atoms with Crippen molar-refractivity contribution in [2.45, 2.75) is 6.36 Å². The average molecular weight is 325 g/mol. The lowest BCUT2D eigenvalue weighted by Crippen LogP contribution is -2.21. The van der Waals surface area contributed by atoms with Gasteiger partial charge in [0.15, 0.2) is 11.4 Å². The molecule has 2 heterocycles. The van der Waals surface area contributed by atoms with Gasteiger partial charge in [-0.05, 0) is 12.1 Å². The molecule has 20 heavy (non-hydrogen) atoms. The fourth-order valence-electron chi connectivity index (χ4n) is 1.18. The van der Waals surface area contributed by atoms with Crippen molar-refractivity contribution < 1.29 is 22.7 Å². The number of pyridine rings is 1. The van der Waals surface area contributed by atoms with E-state index in [1.807, 2.05) is 0 Å². The van der Waals surface area contributed by atoms with E-state index in [0.29, 0.717) is 0 Å². The summed E-state index contributed by atoms with van der Waals surface area (Å²) < 4.78 is 44.0. The molecule has 0 aliphatic rings. The number of hydrogen-bond donors (Lipinski definition) is 1. The molecule has 0 unspecified atom stereocenters. The molecule has 1 N–H and O–H groups in total. The first kappa shape index (κ1) is 14.5. The number of nitrogens with zero attached hydrogens (tertiary/aromatic N) is 3. The summed E-state index contributed by atoms with van der Waals surface area (Å²) in [5.41, 5.74) is -0.606. The second-order valence-electron chi connectivity index (χ2n) is 3.23. The van der Waals surface area contributed by atoms with Crippen molar-refractivity contribution in [2.75, 3.05) is 5.32 Å². The average Bonchev–Trinajstić information content (AvgIpc) is 2.82. The van der Waals surface area contributed by atoms with Gasteiger partial charge in [0.25, 0.3) is 5.91 Å². The highest BCUT2D eigenvalue weighted by molar-refractivity contribution is 7.09. The highest BCUT2D eigenvalue weighted by Gasteiger charge is 2.33. The molecule has 0 bridgehead atoms. The summed E-state index contributed by atoms with van der Waals surface area (Å²) in [6.07, 6.45) is -3.77. The number of aromatic nitrogens is 3. The fourth-order valence-corrected chi connectivity index (χ4v) is 1.75. The third-order valence-electron chi connectivity index (χ3n) is 1.85. The summed E-state index contributed by atoms with van der Waals surface area (Å²) >= 11 is 6.41. The van der Waals surface area contributed by atoms with Gasteiger partial charge in [0.2, 0.25) is 5.13 Å². The molecule has 11 heteroatoms. The fraction of sp³-hybridized carbons (Fsp3) is 0.111. The Hall–Kier alpha value is -1.94. The van der Waals surface area contributed by atoms with Crippen molar-refractivity contribution in [1.29, 1.82) is 0 Å². The summed E-state index contributed by atoms with van der Waals surface area (Å²) in [6, 6.07) is 1.97. The standard InChI is InChI=1S/C9H4ClF3N4O2S/c10-5-2-1-4(19-9(11,12)13)6(16-5)7(18)17-8-14-3-15-20-8/h1-3H,(H,14,15,17,18). The molecule has 0 saturated heterocycles. The SMILES string of the molecule is O=C(Nc1ncns1)c1nc(Cl)ccc1OC(F)(F)F. The van der Waals surface area contributed by atoms with Gasteiger partial charge >= 0.3 is 6.36 Å². The summed E-state index contributed by atoms with van der Waals surface area (Å²) in [6.45, 7) is 0. The maximum Gasteiger partial charge on any atom is 0.573 e. The first-order valence-corrected chi connectivity index (χ1v) is 6.00. The highest BCUT2D eigenvalue weighted by atomic mass is 35.5. The van der Waals surface area contributed by atoms with Crippen LogP contribution in [0.3, 0.4) is 0 Å². The zero-order valence-electron chi connectivity index (χ0n) is 9.31.